The fourth-order valence-electron chi connectivity index (χ4n) is 2.82. The molecule has 1 aromatic rings. The molecule has 2 rings (SSSR count). The second kappa shape index (κ2) is 8.34. The lowest BCUT2D eigenvalue weighted by Crippen LogP contribution is -2.47. The Balaban J connectivity index is 1.70. The maximum absolute atomic E-state index is 12.1. The molecule has 1 N–H and O–H groups in total. The van der Waals surface area contributed by atoms with Crippen LogP contribution in [0.5, 0.6) is 0 Å². The Labute approximate surface area is 143 Å². The summed E-state index contributed by atoms with van der Waals surface area (Å²) in [6, 6.07) is 7.77. The van der Waals surface area contributed by atoms with Gasteiger partial charge < -0.3 is 10.2 Å². The number of aryl methyl sites for hydroxylation is 1. The molecule has 0 radical (unpaired) electrons. The van der Waals surface area contributed by atoms with Gasteiger partial charge in [-0.1, -0.05) is 37.6 Å². The van der Waals surface area contributed by atoms with Crippen LogP contribution in [0.4, 0.5) is 0 Å². The maximum Gasteiger partial charge on any atom is 0.225 e. The summed E-state index contributed by atoms with van der Waals surface area (Å²) in [5.41, 5.74) is 1.11. The van der Waals surface area contributed by atoms with Gasteiger partial charge in [0.25, 0.3) is 0 Å². The molecule has 2 amide bonds. The van der Waals surface area contributed by atoms with Crippen molar-refractivity contribution >= 4 is 23.4 Å². The molecule has 23 heavy (non-hydrogen) atoms. The number of hydrogen-bond donors (Lipinski definition) is 1. The molecule has 0 unspecified atom stereocenters. The van der Waals surface area contributed by atoms with Crippen LogP contribution in [0.1, 0.15) is 38.7 Å². The van der Waals surface area contributed by atoms with Crippen LogP contribution in [0.15, 0.2) is 24.3 Å². The number of nitrogens with zero attached hydrogens (tertiary/aromatic N) is 1. The van der Waals surface area contributed by atoms with Crippen molar-refractivity contribution in [3.63, 3.8) is 0 Å². The van der Waals surface area contributed by atoms with E-state index in [9.17, 15) is 9.59 Å². The second-order valence-electron chi connectivity index (χ2n) is 6.45. The second-order valence-corrected chi connectivity index (χ2v) is 6.88. The van der Waals surface area contributed by atoms with Gasteiger partial charge in [-0.15, -0.1) is 0 Å². The summed E-state index contributed by atoms with van der Waals surface area (Å²) in [4.78, 5) is 25.9. The zero-order valence-corrected chi connectivity index (χ0v) is 14.6. The predicted molar refractivity (Wildman–Crippen MR) is 92.4 cm³/mol. The first-order chi connectivity index (χ1) is 11.0. The Hall–Kier alpha value is -1.55. The van der Waals surface area contributed by atoms with E-state index in [1.54, 1.807) is 0 Å². The van der Waals surface area contributed by atoms with Gasteiger partial charge in [0, 0.05) is 36.5 Å². The summed E-state index contributed by atoms with van der Waals surface area (Å²) in [6.45, 7) is 5.32. The average molecular weight is 337 g/mol. The minimum absolute atomic E-state index is 0.0421. The molecule has 1 aliphatic heterocycles. The first kappa shape index (κ1) is 17.8. The van der Waals surface area contributed by atoms with Crippen LogP contribution in [0.2, 0.25) is 5.02 Å². The molecule has 1 heterocycles. The van der Waals surface area contributed by atoms with E-state index < -0.39 is 0 Å². The van der Waals surface area contributed by atoms with Gasteiger partial charge in [-0.05, 0) is 37.0 Å². The molecule has 5 heteroatoms. The molecule has 1 fully saturated rings. The third-order valence-corrected chi connectivity index (χ3v) is 4.47. The van der Waals surface area contributed by atoms with E-state index in [1.807, 2.05) is 43.0 Å². The third-order valence-electron chi connectivity index (χ3n) is 4.22. The summed E-state index contributed by atoms with van der Waals surface area (Å²) in [5, 5.41) is 3.80. The Morgan fingerprint density at radius 3 is 2.39 bits per heavy atom. The monoisotopic (exact) mass is 336 g/mol. The van der Waals surface area contributed by atoms with E-state index in [4.69, 9.17) is 11.6 Å². The fourth-order valence-corrected chi connectivity index (χ4v) is 2.94. The highest BCUT2D eigenvalue weighted by Crippen LogP contribution is 2.14. The molecule has 1 aliphatic rings. The molecule has 0 bridgehead atoms. The highest BCUT2D eigenvalue weighted by Gasteiger charge is 2.24. The molecule has 0 saturated carbocycles. The summed E-state index contributed by atoms with van der Waals surface area (Å²) >= 11 is 5.85. The lowest BCUT2D eigenvalue weighted by molar-refractivity contribution is -0.135. The quantitative estimate of drug-likeness (QED) is 0.898. The van der Waals surface area contributed by atoms with Crippen molar-refractivity contribution in [2.45, 2.75) is 45.6 Å². The van der Waals surface area contributed by atoms with Gasteiger partial charge >= 0.3 is 0 Å². The average Bonchev–Trinajstić information content (AvgIpc) is 2.54. The number of benzene rings is 1. The van der Waals surface area contributed by atoms with E-state index in [-0.39, 0.29) is 23.8 Å². The molecule has 0 spiro atoms. The van der Waals surface area contributed by atoms with Crippen molar-refractivity contribution in [3.8, 4) is 0 Å². The van der Waals surface area contributed by atoms with Gasteiger partial charge in [-0.25, -0.2) is 0 Å². The molecule has 0 aromatic heterocycles. The molecule has 0 atom stereocenters. The third kappa shape index (κ3) is 5.54. The molecule has 126 valence electrons. The molecule has 1 aromatic carbocycles. The number of rotatable bonds is 5. The summed E-state index contributed by atoms with van der Waals surface area (Å²) < 4.78 is 0. The number of amides is 2. The van der Waals surface area contributed by atoms with Crippen LogP contribution in [0.3, 0.4) is 0 Å². The summed E-state index contributed by atoms with van der Waals surface area (Å²) in [7, 11) is 0. The van der Waals surface area contributed by atoms with Gasteiger partial charge in [-0.3, -0.25) is 9.59 Å². The number of halogens is 1. The van der Waals surface area contributed by atoms with Gasteiger partial charge in [0.05, 0.1) is 0 Å². The predicted octanol–water partition coefficient (Wildman–Crippen LogP) is 3.04. The first-order valence-corrected chi connectivity index (χ1v) is 8.66. The van der Waals surface area contributed by atoms with Crippen molar-refractivity contribution < 1.29 is 9.59 Å². The topological polar surface area (TPSA) is 49.4 Å². The molecular formula is C18H25ClN2O2. The number of nitrogens with one attached hydrogen (secondary N) is 1. The zero-order chi connectivity index (χ0) is 16.8. The minimum Gasteiger partial charge on any atom is -0.353 e. The van der Waals surface area contributed by atoms with Crippen LogP contribution < -0.4 is 5.32 Å². The normalized spacial score (nSPS) is 15.7. The van der Waals surface area contributed by atoms with Crippen LogP contribution in [0.25, 0.3) is 0 Å². The van der Waals surface area contributed by atoms with Crippen molar-refractivity contribution in [1.82, 2.24) is 10.2 Å². The Morgan fingerprint density at radius 1 is 1.22 bits per heavy atom. The van der Waals surface area contributed by atoms with E-state index >= 15 is 0 Å². The van der Waals surface area contributed by atoms with E-state index in [2.05, 4.69) is 5.32 Å². The smallest absolute Gasteiger partial charge is 0.225 e. The van der Waals surface area contributed by atoms with Crippen molar-refractivity contribution in [1.29, 1.82) is 0 Å². The Kier molecular flexibility index (Phi) is 6.46. The molecule has 0 aliphatic carbocycles. The Bertz CT molecular complexity index is 534. The van der Waals surface area contributed by atoms with Gasteiger partial charge in [0.1, 0.15) is 0 Å². The number of carbonyl (C=O) groups is 2. The van der Waals surface area contributed by atoms with Crippen molar-refractivity contribution in [2.24, 2.45) is 5.92 Å². The van der Waals surface area contributed by atoms with Gasteiger partial charge in [0.2, 0.25) is 11.8 Å². The molecule has 1 saturated heterocycles. The largest absolute Gasteiger partial charge is 0.353 e. The molecule has 4 nitrogen and oxygen atoms in total. The van der Waals surface area contributed by atoms with Crippen LogP contribution in [0, 0.1) is 5.92 Å². The van der Waals surface area contributed by atoms with E-state index in [0.717, 1.165) is 31.5 Å². The minimum atomic E-state index is 0.0421. The lowest BCUT2D eigenvalue weighted by Gasteiger charge is -2.33. The van der Waals surface area contributed by atoms with Crippen molar-refractivity contribution in [2.75, 3.05) is 13.1 Å². The van der Waals surface area contributed by atoms with E-state index in [0.29, 0.717) is 17.9 Å². The number of likely N-dealkylation sites (tertiary alicyclic amines) is 1. The number of hydrogen-bond acceptors (Lipinski definition) is 2. The lowest BCUT2D eigenvalue weighted by atomic mass is 10.0. The standard InChI is InChI=1S/C18H25ClN2O2/c1-13(2)18(23)21-11-9-16(10-12-21)20-17(22)8-5-14-3-6-15(19)7-4-14/h3-4,6-7,13,16H,5,8-12H2,1-2H3,(H,20,22). The van der Waals surface area contributed by atoms with E-state index in [1.165, 1.54) is 0 Å². The SMILES string of the molecule is CC(C)C(=O)N1CCC(NC(=O)CCc2ccc(Cl)cc2)CC1. The van der Waals surface area contributed by atoms with Crippen LogP contribution in [-0.2, 0) is 16.0 Å². The molecular weight excluding hydrogens is 312 g/mol. The summed E-state index contributed by atoms with van der Waals surface area (Å²) in [6.07, 6.45) is 2.87. The van der Waals surface area contributed by atoms with Crippen LogP contribution in [-0.4, -0.2) is 35.8 Å². The first-order valence-electron chi connectivity index (χ1n) is 8.28. The highest BCUT2D eigenvalue weighted by atomic mass is 35.5. The zero-order valence-electron chi connectivity index (χ0n) is 13.8. The van der Waals surface area contributed by atoms with Gasteiger partial charge in [-0.2, -0.15) is 0 Å². The highest BCUT2D eigenvalue weighted by molar-refractivity contribution is 6.30. The Morgan fingerprint density at radius 2 is 1.83 bits per heavy atom. The number of piperidine rings is 1. The number of carbonyl (C=O) groups excluding carboxylic acids is 2. The van der Waals surface area contributed by atoms with Crippen molar-refractivity contribution in [3.05, 3.63) is 34.9 Å². The summed E-state index contributed by atoms with van der Waals surface area (Å²) in [5.74, 6) is 0.326. The van der Waals surface area contributed by atoms with Crippen LogP contribution >= 0.6 is 11.6 Å². The van der Waals surface area contributed by atoms with Gasteiger partial charge in [0.15, 0.2) is 0 Å². The fraction of sp³-hybridized carbons (Fsp3) is 0.556. The maximum atomic E-state index is 12.1.